The third kappa shape index (κ3) is 2.71. The number of hydrogen-bond donors (Lipinski definition) is 0. The molecular formula is C11H20BrNO. The smallest absolute Gasteiger partial charge is 0.0507 e. The first-order valence-electron chi connectivity index (χ1n) is 5.78. The van der Waals surface area contributed by atoms with Gasteiger partial charge < -0.3 is 4.74 Å². The number of ether oxygens (including phenoxy) is 1. The molecule has 1 aliphatic heterocycles. The van der Waals surface area contributed by atoms with Crippen LogP contribution in [0.15, 0.2) is 0 Å². The maximum absolute atomic E-state index is 5.43. The van der Waals surface area contributed by atoms with Crippen molar-refractivity contribution in [2.75, 3.05) is 31.6 Å². The fraction of sp³-hybridized carbons (Fsp3) is 1.00. The minimum absolute atomic E-state index is 0.801. The van der Waals surface area contributed by atoms with Gasteiger partial charge in [-0.25, -0.2) is 0 Å². The highest BCUT2D eigenvalue weighted by Crippen LogP contribution is 2.26. The molecule has 1 saturated heterocycles. The second-order valence-electron chi connectivity index (χ2n) is 4.50. The normalized spacial score (nSPS) is 28.3. The molecule has 1 unspecified atom stereocenters. The van der Waals surface area contributed by atoms with Gasteiger partial charge in [0.05, 0.1) is 6.61 Å². The average molecular weight is 262 g/mol. The van der Waals surface area contributed by atoms with Crippen LogP contribution in [0, 0.1) is 5.92 Å². The summed E-state index contributed by atoms with van der Waals surface area (Å²) in [5, 5.41) is 1.11. The van der Waals surface area contributed by atoms with Gasteiger partial charge >= 0.3 is 0 Å². The minimum Gasteiger partial charge on any atom is -0.381 e. The van der Waals surface area contributed by atoms with Crippen LogP contribution in [0.4, 0.5) is 0 Å². The lowest BCUT2D eigenvalue weighted by Gasteiger charge is -2.38. The molecule has 0 amide bonds. The molecule has 0 aromatic heterocycles. The highest BCUT2D eigenvalue weighted by Gasteiger charge is 2.27. The van der Waals surface area contributed by atoms with Gasteiger partial charge in [-0.05, 0) is 25.2 Å². The van der Waals surface area contributed by atoms with Crippen LogP contribution < -0.4 is 0 Å². The molecule has 0 spiro atoms. The van der Waals surface area contributed by atoms with Crippen molar-refractivity contribution in [3.05, 3.63) is 0 Å². The quantitative estimate of drug-likeness (QED) is 0.705. The summed E-state index contributed by atoms with van der Waals surface area (Å²) in [7, 11) is 0. The van der Waals surface area contributed by atoms with Crippen molar-refractivity contribution < 1.29 is 4.74 Å². The van der Waals surface area contributed by atoms with Gasteiger partial charge in [0, 0.05) is 31.1 Å². The van der Waals surface area contributed by atoms with E-state index >= 15 is 0 Å². The van der Waals surface area contributed by atoms with Crippen molar-refractivity contribution in [3.8, 4) is 0 Å². The monoisotopic (exact) mass is 261 g/mol. The van der Waals surface area contributed by atoms with Gasteiger partial charge in [0.2, 0.25) is 0 Å². The number of hydrogen-bond acceptors (Lipinski definition) is 2. The topological polar surface area (TPSA) is 12.5 Å². The maximum atomic E-state index is 5.43. The largest absolute Gasteiger partial charge is 0.381 e. The fourth-order valence-electron chi connectivity index (χ4n) is 2.34. The molecule has 1 saturated carbocycles. The summed E-state index contributed by atoms with van der Waals surface area (Å²) in [6.45, 7) is 4.44. The Morgan fingerprint density at radius 1 is 1.29 bits per heavy atom. The Balaban J connectivity index is 1.76. The van der Waals surface area contributed by atoms with E-state index in [1.807, 2.05) is 0 Å². The Morgan fingerprint density at radius 2 is 2.14 bits per heavy atom. The molecule has 0 aromatic carbocycles. The van der Waals surface area contributed by atoms with Crippen molar-refractivity contribution in [1.82, 2.24) is 4.90 Å². The zero-order valence-corrected chi connectivity index (χ0v) is 10.3. The van der Waals surface area contributed by atoms with Crippen LogP contribution in [0.25, 0.3) is 0 Å². The third-order valence-corrected chi connectivity index (χ3v) is 3.83. The summed E-state index contributed by atoms with van der Waals surface area (Å²) in [6.07, 6.45) is 5.54. The Bertz CT molecular complexity index is 167. The first-order valence-corrected chi connectivity index (χ1v) is 6.90. The number of rotatable bonds is 5. The molecule has 1 heterocycles. The van der Waals surface area contributed by atoms with Crippen molar-refractivity contribution in [1.29, 1.82) is 0 Å². The Labute approximate surface area is 95.1 Å². The summed E-state index contributed by atoms with van der Waals surface area (Å²) in [4.78, 5) is 2.66. The first kappa shape index (κ1) is 10.9. The van der Waals surface area contributed by atoms with E-state index in [0.717, 1.165) is 30.5 Å². The fourth-order valence-corrected chi connectivity index (χ4v) is 2.80. The van der Waals surface area contributed by atoms with Crippen molar-refractivity contribution in [3.63, 3.8) is 0 Å². The molecule has 0 N–H and O–H groups in total. The van der Waals surface area contributed by atoms with Crippen molar-refractivity contribution >= 4 is 15.9 Å². The van der Waals surface area contributed by atoms with E-state index in [2.05, 4.69) is 20.8 Å². The van der Waals surface area contributed by atoms with Gasteiger partial charge in [-0.2, -0.15) is 0 Å². The molecule has 0 aromatic rings. The van der Waals surface area contributed by atoms with E-state index in [1.54, 1.807) is 0 Å². The highest BCUT2D eigenvalue weighted by molar-refractivity contribution is 9.09. The third-order valence-electron chi connectivity index (χ3n) is 3.48. The Kier molecular flexibility index (Phi) is 4.26. The highest BCUT2D eigenvalue weighted by atomic mass is 79.9. The number of halogens is 1. The molecule has 2 fully saturated rings. The van der Waals surface area contributed by atoms with E-state index < -0.39 is 0 Å². The van der Waals surface area contributed by atoms with Crippen LogP contribution in [-0.4, -0.2) is 42.6 Å². The van der Waals surface area contributed by atoms with Crippen LogP contribution in [0.5, 0.6) is 0 Å². The molecule has 0 bridgehead atoms. The predicted molar refractivity (Wildman–Crippen MR) is 61.9 cm³/mol. The predicted octanol–water partition coefficient (Wildman–Crippen LogP) is 2.27. The van der Waals surface area contributed by atoms with Crippen LogP contribution in [0.3, 0.4) is 0 Å². The van der Waals surface area contributed by atoms with Crippen LogP contribution in [0.2, 0.25) is 0 Å². The lowest BCUT2D eigenvalue weighted by molar-refractivity contribution is 0.106. The van der Waals surface area contributed by atoms with Crippen molar-refractivity contribution in [2.45, 2.75) is 31.7 Å². The molecule has 0 radical (unpaired) electrons. The summed E-state index contributed by atoms with van der Waals surface area (Å²) >= 11 is 3.55. The second-order valence-corrected chi connectivity index (χ2v) is 5.29. The molecule has 1 aliphatic carbocycles. The van der Waals surface area contributed by atoms with Crippen LogP contribution in [0.1, 0.15) is 25.7 Å². The molecule has 3 heteroatoms. The molecule has 14 heavy (non-hydrogen) atoms. The summed E-state index contributed by atoms with van der Waals surface area (Å²) in [5.74, 6) is 0.801. The van der Waals surface area contributed by atoms with Gasteiger partial charge in [-0.3, -0.25) is 4.90 Å². The van der Waals surface area contributed by atoms with E-state index in [0.29, 0.717) is 0 Å². The molecule has 2 nitrogen and oxygen atoms in total. The minimum atomic E-state index is 0.801. The van der Waals surface area contributed by atoms with Gasteiger partial charge in [0.1, 0.15) is 0 Å². The van der Waals surface area contributed by atoms with Gasteiger partial charge in [-0.1, -0.05) is 22.4 Å². The van der Waals surface area contributed by atoms with Crippen LogP contribution in [-0.2, 0) is 4.74 Å². The average Bonchev–Trinajstić information content (AvgIpc) is 2.54. The standard InChI is InChI=1S/C11H20BrNO/c12-5-6-13(11-2-1-3-11)8-10-4-7-14-9-10/h10-11H,1-9H2. The number of alkyl halides is 1. The number of nitrogens with zero attached hydrogens (tertiary/aromatic N) is 1. The van der Waals surface area contributed by atoms with Gasteiger partial charge in [0.15, 0.2) is 0 Å². The van der Waals surface area contributed by atoms with Crippen LogP contribution >= 0.6 is 15.9 Å². The molecular weight excluding hydrogens is 242 g/mol. The molecule has 1 atom stereocenters. The summed E-state index contributed by atoms with van der Waals surface area (Å²) in [5.41, 5.74) is 0. The Hall–Kier alpha value is 0.400. The lowest BCUT2D eigenvalue weighted by atomic mass is 9.90. The van der Waals surface area contributed by atoms with Gasteiger partial charge in [-0.15, -0.1) is 0 Å². The summed E-state index contributed by atoms with van der Waals surface area (Å²) < 4.78 is 5.43. The SMILES string of the molecule is BrCCN(CC1CCOC1)C1CCC1. The van der Waals surface area contributed by atoms with E-state index in [1.165, 1.54) is 38.8 Å². The Morgan fingerprint density at radius 3 is 2.64 bits per heavy atom. The zero-order valence-electron chi connectivity index (χ0n) is 8.75. The van der Waals surface area contributed by atoms with E-state index in [9.17, 15) is 0 Å². The van der Waals surface area contributed by atoms with E-state index in [-0.39, 0.29) is 0 Å². The molecule has 82 valence electrons. The molecule has 2 aliphatic rings. The van der Waals surface area contributed by atoms with Crippen molar-refractivity contribution in [2.24, 2.45) is 5.92 Å². The first-order chi connectivity index (χ1) is 6.90. The van der Waals surface area contributed by atoms with E-state index in [4.69, 9.17) is 4.74 Å². The molecule has 2 rings (SSSR count). The second kappa shape index (κ2) is 5.47. The van der Waals surface area contributed by atoms with Gasteiger partial charge in [0.25, 0.3) is 0 Å². The maximum Gasteiger partial charge on any atom is 0.0507 e. The zero-order chi connectivity index (χ0) is 9.80. The lowest BCUT2D eigenvalue weighted by Crippen LogP contribution is -2.43. The summed E-state index contributed by atoms with van der Waals surface area (Å²) in [6, 6.07) is 0.883.